The minimum atomic E-state index is -1.50. The Morgan fingerprint density at radius 3 is 1.69 bits per heavy atom. The summed E-state index contributed by atoms with van der Waals surface area (Å²) in [6, 6.07) is 2.50. The lowest BCUT2D eigenvalue weighted by Crippen LogP contribution is -2.60. The molecule has 4 unspecified atom stereocenters. The largest absolute Gasteiger partial charge is 0.451 e. The highest BCUT2D eigenvalue weighted by Gasteiger charge is 2.41. The molecule has 0 radical (unpaired) electrons. The smallest absolute Gasteiger partial charge is 0.329 e. The Hall–Kier alpha value is -5.66. The van der Waals surface area contributed by atoms with Crippen LogP contribution in [0.1, 0.15) is 145 Å². The maximum absolute atomic E-state index is 15.1. The Morgan fingerprint density at radius 1 is 0.686 bits per heavy atom. The van der Waals surface area contributed by atoms with Crippen LogP contribution < -0.4 is 20.8 Å². The minimum absolute atomic E-state index is 0.00540. The fourth-order valence-corrected chi connectivity index (χ4v) is 9.19. The van der Waals surface area contributed by atoms with Gasteiger partial charge in [-0.3, -0.25) is 28.8 Å². The van der Waals surface area contributed by atoms with E-state index in [0.29, 0.717) is 5.56 Å². The molecule has 1 aliphatic rings. The van der Waals surface area contributed by atoms with Crippen molar-refractivity contribution >= 4 is 52.3 Å². The molecule has 6 amide bonds. The first-order valence-corrected chi connectivity index (χ1v) is 25.5. The van der Waals surface area contributed by atoms with E-state index in [1.807, 2.05) is 71.9 Å². The molecule has 390 valence electrons. The summed E-state index contributed by atoms with van der Waals surface area (Å²) in [6.07, 6.45) is 5.86. The number of aromatic nitrogens is 1. The zero-order valence-corrected chi connectivity index (χ0v) is 44.3. The van der Waals surface area contributed by atoms with Crippen LogP contribution in [0.15, 0.2) is 30.5 Å². The Kier molecular flexibility index (Phi) is 23.7. The number of benzene rings is 1. The van der Waals surface area contributed by atoms with Crippen molar-refractivity contribution in [2.75, 3.05) is 28.3 Å². The number of amides is 6. The van der Waals surface area contributed by atoms with Gasteiger partial charge in [0.05, 0.1) is 11.6 Å². The van der Waals surface area contributed by atoms with Crippen LogP contribution in [0.3, 0.4) is 0 Å². The molecule has 1 aromatic heterocycles. The molecule has 2 aromatic rings. The summed E-state index contributed by atoms with van der Waals surface area (Å²) in [5.74, 6) is -4.90. The van der Waals surface area contributed by atoms with Gasteiger partial charge in [-0.2, -0.15) is 9.99 Å². The highest BCUT2D eigenvalue weighted by molar-refractivity contribution is 5.98. The van der Waals surface area contributed by atoms with Crippen LogP contribution in [0.2, 0.25) is 0 Å². The number of likely N-dealkylation sites (N-methyl/N-ethyl adjacent to an activating group) is 3. The second-order valence-corrected chi connectivity index (χ2v) is 20.5. The molecule has 0 bridgehead atoms. The van der Waals surface area contributed by atoms with E-state index in [0.717, 1.165) is 49.4 Å². The number of unbranched alkanes of at least 4 members (excludes halogenated alkanes) is 2. The van der Waals surface area contributed by atoms with Crippen LogP contribution in [-0.2, 0) is 44.7 Å². The first kappa shape index (κ1) is 58.7. The van der Waals surface area contributed by atoms with Crippen molar-refractivity contribution in [3.63, 3.8) is 0 Å². The van der Waals surface area contributed by atoms with Crippen LogP contribution in [0.25, 0.3) is 10.9 Å². The molecule has 1 saturated heterocycles. The third kappa shape index (κ3) is 16.5. The number of nitrogens with zero attached hydrogens (tertiary/aromatic N) is 5. The zero-order valence-electron chi connectivity index (χ0n) is 44.3. The van der Waals surface area contributed by atoms with Gasteiger partial charge in [0.1, 0.15) is 43.4 Å². The highest BCUT2D eigenvalue weighted by atomic mass is 16.6. The second kappa shape index (κ2) is 28.3. The van der Waals surface area contributed by atoms with Gasteiger partial charge in [0, 0.05) is 52.0 Å². The normalized spacial score (nSPS) is 23.9. The molecular formula is C53H84N8O9. The zero-order chi connectivity index (χ0) is 52.4. The van der Waals surface area contributed by atoms with Gasteiger partial charge in [-0.05, 0) is 67.9 Å². The number of nitriles is 1. The summed E-state index contributed by atoms with van der Waals surface area (Å²) in [5.41, 5.74) is 1.42. The molecule has 2 heterocycles. The Labute approximate surface area is 417 Å². The third-order valence-electron chi connectivity index (χ3n) is 13.6. The fourth-order valence-electron chi connectivity index (χ4n) is 9.19. The number of rotatable bonds is 19. The van der Waals surface area contributed by atoms with Crippen LogP contribution in [0, 0.1) is 35.0 Å². The molecule has 9 atom stereocenters. The lowest BCUT2D eigenvalue weighted by atomic mass is 9.94. The molecule has 1 aliphatic heterocycles. The van der Waals surface area contributed by atoms with Crippen molar-refractivity contribution in [2.45, 2.75) is 188 Å². The number of hydrogen-bond acceptors (Lipinski definition) is 10. The van der Waals surface area contributed by atoms with Crippen molar-refractivity contribution in [3.05, 3.63) is 36.0 Å². The molecule has 0 saturated carbocycles. The van der Waals surface area contributed by atoms with E-state index >= 15 is 9.59 Å². The SMILES string of the molecule is CCCCC(C)CC1NC(=O)C(CCC#N)OC(=O)[C@H](C)N(C)C(=O)[C@H](CC(C)CCCC)NC(=O)[C@H](Cc2cn(OC)c3ccccc23)N(C)C(=O)[C@H](CC(C)C)NC(=O)[C@H](CC(C)C)N(C)C1=O. The van der Waals surface area contributed by atoms with Crippen LogP contribution >= 0.6 is 0 Å². The first-order chi connectivity index (χ1) is 33.1. The maximum Gasteiger partial charge on any atom is 0.329 e. The molecule has 17 nitrogen and oxygen atoms in total. The van der Waals surface area contributed by atoms with Crippen LogP contribution in [0.4, 0.5) is 0 Å². The van der Waals surface area contributed by atoms with Gasteiger partial charge in [-0.1, -0.05) is 112 Å². The van der Waals surface area contributed by atoms with Crippen LogP contribution in [-0.4, -0.2) is 131 Å². The number of ether oxygens (including phenoxy) is 1. The van der Waals surface area contributed by atoms with E-state index in [4.69, 9.17) is 9.57 Å². The molecule has 3 rings (SSSR count). The van der Waals surface area contributed by atoms with E-state index in [1.165, 1.54) is 49.9 Å². The van der Waals surface area contributed by atoms with E-state index in [9.17, 15) is 29.2 Å². The molecule has 3 N–H and O–H groups in total. The van der Waals surface area contributed by atoms with Gasteiger partial charge < -0.3 is 40.2 Å². The molecule has 0 aliphatic carbocycles. The van der Waals surface area contributed by atoms with Gasteiger partial charge in [0.25, 0.3) is 5.91 Å². The molecule has 70 heavy (non-hydrogen) atoms. The quantitative estimate of drug-likeness (QED) is 0.141. The van der Waals surface area contributed by atoms with E-state index in [2.05, 4.69) is 29.8 Å². The average molecular weight is 977 g/mol. The second-order valence-electron chi connectivity index (χ2n) is 20.5. The van der Waals surface area contributed by atoms with Gasteiger partial charge in [0.15, 0.2) is 6.10 Å². The molecular weight excluding hydrogens is 893 g/mol. The summed E-state index contributed by atoms with van der Waals surface area (Å²) < 4.78 is 7.40. The maximum atomic E-state index is 15.1. The molecule has 0 spiro atoms. The number of fused-ring (bicyclic) bond motifs is 1. The number of esters is 1. The lowest BCUT2D eigenvalue weighted by molar-refractivity contribution is -0.163. The summed E-state index contributed by atoms with van der Waals surface area (Å²) in [5, 5.41) is 19.2. The number of cyclic esters (lactones) is 1. The first-order valence-electron chi connectivity index (χ1n) is 25.5. The monoisotopic (exact) mass is 977 g/mol. The third-order valence-corrected chi connectivity index (χ3v) is 13.6. The number of nitrogens with one attached hydrogen (secondary N) is 3. The standard InChI is InChI=1S/C53H84N8O9/c1-14-16-21-35(7)29-41-50(65)58(10)37(9)53(68)70-46(25-20-26-54)49(64)57-42(30-36(8)22-17-15-2)52(67)59(11)44(28-34(5)6)47(62)55-40(27-33(3)4)51(66)60(12)45(48(63)56-41)31-38-32-61(69-13)43-24-19-18-23-39(38)43/h18-19,23-24,32-37,40-42,44-46H,14-17,20-22,25,27-31H2,1-13H3,(H,55,62)(H,56,63)(H,57,64)/t35?,36?,37-,40-,41-,42?,44-,45-,46?/m0/s1. The van der Waals surface area contributed by atoms with Crippen molar-refractivity contribution in [1.82, 2.24) is 35.4 Å². The fraction of sp³-hybridized carbons (Fsp3) is 0.698. The van der Waals surface area contributed by atoms with Gasteiger partial charge >= 0.3 is 5.97 Å². The van der Waals surface area contributed by atoms with Gasteiger partial charge in [-0.15, -0.1) is 0 Å². The van der Waals surface area contributed by atoms with Crippen molar-refractivity contribution in [3.8, 4) is 6.07 Å². The Bertz CT molecular complexity index is 2120. The van der Waals surface area contributed by atoms with E-state index < -0.39 is 83.8 Å². The number of para-hydroxylation sites is 1. The predicted molar refractivity (Wildman–Crippen MR) is 270 cm³/mol. The summed E-state index contributed by atoms with van der Waals surface area (Å²) >= 11 is 0. The highest BCUT2D eigenvalue weighted by Crippen LogP contribution is 2.26. The number of hydrogen-bond donors (Lipinski definition) is 3. The summed E-state index contributed by atoms with van der Waals surface area (Å²) in [7, 11) is 5.96. The van der Waals surface area contributed by atoms with Gasteiger partial charge in [-0.25, -0.2) is 4.79 Å². The summed E-state index contributed by atoms with van der Waals surface area (Å²) in [4.78, 5) is 112. The topological polar surface area (TPSA) is 212 Å². The average Bonchev–Trinajstić information content (AvgIpc) is 3.68. The number of carbonyl (C=O) groups excluding carboxylic acids is 7. The molecule has 1 fully saturated rings. The molecule has 1 aromatic carbocycles. The Balaban J connectivity index is 2.33. The van der Waals surface area contributed by atoms with Gasteiger partial charge in [0.2, 0.25) is 29.5 Å². The van der Waals surface area contributed by atoms with Crippen molar-refractivity contribution in [2.24, 2.45) is 23.7 Å². The van der Waals surface area contributed by atoms with E-state index in [1.54, 1.807) is 10.9 Å². The Morgan fingerprint density at radius 2 is 1.17 bits per heavy atom. The molecule has 17 heteroatoms. The van der Waals surface area contributed by atoms with Crippen molar-refractivity contribution in [1.29, 1.82) is 5.26 Å². The van der Waals surface area contributed by atoms with E-state index in [-0.39, 0.29) is 68.6 Å². The number of carbonyl (C=O) groups is 7. The summed E-state index contributed by atoms with van der Waals surface area (Å²) in [6.45, 7) is 17.2. The van der Waals surface area contributed by atoms with Crippen molar-refractivity contribution < 1.29 is 43.1 Å². The predicted octanol–water partition coefficient (Wildman–Crippen LogP) is 5.95. The minimum Gasteiger partial charge on any atom is -0.451 e. The van der Waals surface area contributed by atoms with Crippen LogP contribution in [0.5, 0.6) is 0 Å². The lowest BCUT2D eigenvalue weighted by Gasteiger charge is -2.35.